The van der Waals surface area contributed by atoms with E-state index in [2.05, 4.69) is 4.72 Å². The summed E-state index contributed by atoms with van der Waals surface area (Å²) in [5.41, 5.74) is 0.689. The van der Waals surface area contributed by atoms with Crippen LogP contribution in [0.2, 0.25) is 0 Å². The molecule has 5 nitrogen and oxygen atoms in total. The Balaban J connectivity index is 2.10. The lowest BCUT2D eigenvalue weighted by Gasteiger charge is -2.07. The third-order valence-corrected chi connectivity index (χ3v) is 6.35. The summed E-state index contributed by atoms with van der Waals surface area (Å²) >= 11 is 0. The summed E-state index contributed by atoms with van der Waals surface area (Å²) in [6.45, 7) is 1.68. The minimum Gasteiger partial charge on any atom is -0.224 e. The second-order valence-corrected chi connectivity index (χ2v) is 8.73. The Morgan fingerprint density at radius 1 is 0.818 bits per heavy atom. The molecule has 0 radical (unpaired) electrons. The highest BCUT2D eigenvalue weighted by Crippen LogP contribution is 2.13. The molecule has 0 unspecified atom stereocenters. The Hall–Kier alpha value is -1.70. The molecule has 0 bridgehead atoms. The molecule has 118 valence electrons. The maximum atomic E-state index is 12.1. The number of sulfone groups is 1. The van der Waals surface area contributed by atoms with Gasteiger partial charge in [0, 0.05) is 6.54 Å². The predicted molar refractivity (Wildman–Crippen MR) is 84.6 cm³/mol. The topological polar surface area (TPSA) is 80.3 Å². The van der Waals surface area contributed by atoms with Gasteiger partial charge in [0.25, 0.3) is 0 Å². The van der Waals surface area contributed by atoms with Crippen LogP contribution in [0.3, 0.4) is 0 Å². The molecule has 2 aromatic rings. The third-order valence-electron chi connectivity index (χ3n) is 3.18. The van der Waals surface area contributed by atoms with Crippen molar-refractivity contribution in [3.05, 3.63) is 60.2 Å². The molecular weight excluding hydrogens is 322 g/mol. The van der Waals surface area contributed by atoms with Gasteiger partial charge in [-0.05, 0) is 29.8 Å². The average molecular weight is 339 g/mol. The summed E-state index contributed by atoms with van der Waals surface area (Å²) in [5, 5.41) is 0. The minimum atomic E-state index is -3.57. The molecular formula is C15H17NO4S2. The van der Waals surface area contributed by atoms with Gasteiger partial charge in [-0.1, -0.05) is 37.3 Å². The molecule has 0 heterocycles. The zero-order chi connectivity index (χ0) is 16.2. The molecule has 0 spiro atoms. The first kappa shape index (κ1) is 16.7. The maximum Gasteiger partial charge on any atom is 0.240 e. The average Bonchev–Trinajstić information content (AvgIpc) is 2.54. The van der Waals surface area contributed by atoms with Crippen molar-refractivity contribution in [2.24, 2.45) is 0 Å². The van der Waals surface area contributed by atoms with Crippen molar-refractivity contribution in [3.63, 3.8) is 0 Å². The highest BCUT2D eigenvalue weighted by atomic mass is 32.2. The van der Waals surface area contributed by atoms with Crippen molar-refractivity contribution >= 4 is 19.9 Å². The van der Waals surface area contributed by atoms with Crippen LogP contribution in [0, 0.1) is 0 Å². The zero-order valence-electron chi connectivity index (χ0n) is 12.1. The summed E-state index contributed by atoms with van der Waals surface area (Å²) in [5.74, 6) is 0.0347. The molecule has 0 amide bonds. The van der Waals surface area contributed by atoms with E-state index in [4.69, 9.17) is 0 Å². The number of nitrogens with one attached hydrogen (secondary N) is 1. The molecule has 0 saturated heterocycles. The van der Waals surface area contributed by atoms with Gasteiger partial charge >= 0.3 is 0 Å². The molecule has 0 aliphatic heterocycles. The van der Waals surface area contributed by atoms with Gasteiger partial charge in [-0.3, -0.25) is 0 Å². The summed E-state index contributed by atoms with van der Waals surface area (Å²) < 4.78 is 50.0. The molecule has 22 heavy (non-hydrogen) atoms. The molecule has 1 N–H and O–H groups in total. The summed E-state index contributed by atoms with van der Waals surface area (Å²) in [6.07, 6.45) is 0. The zero-order valence-corrected chi connectivity index (χ0v) is 13.7. The van der Waals surface area contributed by atoms with E-state index in [1.54, 1.807) is 37.3 Å². The fourth-order valence-corrected chi connectivity index (χ4v) is 3.77. The van der Waals surface area contributed by atoms with Gasteiger partial charge in [0.05, 0.1) is 15.5 Å². The van der Waals surface area contributed by atoms with Crippen LogP contribution in [0.4, 0.5) is 0 Å². The Kier molecular flexibility index (Phi) is 5.00. The standard InChI is InChI=1S/C15H17NO4S2/c1-2-21(17,18)14-10-8-13(9-11-14)12-16-22(19,20)15-6-4-3-5-7-15/h3-11,16H,2,12H2,1H3. The smallest absolute Gasteiger partial charge is 0.224 e. The van der Waals surface area contributed by atoms with Crippen LogP contribution in [0.15, 0.2) is 64.4 Å². The second-order valence-electron chi connectivity index (χ2n) is 4.68. The normalized spacial score (nSPS) is 12.2. The highest BCUT2D eigenvalue weighted by molar-refractivity contribution is 7.91. The van der Waals surface area contributed by atoms with Gasteiger partial charge in [0.1, 0.15) is 0 Å². The lowest BCUT2D eigenvalue weighted by molar-refractivity contribution is 0.581. The molecule has 0 fully saturated rings. The Labute approximate surface area is 131 Å². The first-order valence-electron chi connectivity index (χ1n) is 6.71. The van der Waals surface area contributed by atoms with E-state index in [9.17, 15) is 16.8 Å². The first-order valence-corrected chi connectivity index (χ1v) is 9.85. The molecule has 7 heteroatoms. The first-order chi connectivity index (χ1) is 10.3. The van der Waals surface area contributed by atoms with E-state index in [0.717, 1.165) is 0 Å². The van der Waals surface area contributed by atoms with Crippen LogP contribution in [-0.4, -0.2) is 22.6 Å². The van der Waals surface area contributed by atoms with E-state index in [1.165, 1.54) is 24.3 Å². The van der Waals surface area contributed by atoms with E-state index < -0.39 is 19.9 Å². The van der Waals surface area contributed by atoms with Crippen LogP contribution in [-0.2, 0) is 26.4 Å². The van der Waals surface area contributed by atoms with E-state index in [0.29, 0.717) is 5.56 Å². The van der Waals surface area contributed by atoms with Crippen molar-refractivity contribution in [1.82, 2.24) is 4.72 Å². The van der Waals surface area contributed by atoms with Crippen LogP contribution in [0.1, 0.15) is 12.5 Å². The Morgan fingerprint density at radius 3 is 1.95 bits per heavy atom. The van der Waals surface area contributed by atoms with Gasteiger partial charge in [-0.15, -0.1) is 0 Å². The van der Waals surface area contributed by atoms with Crippen molar-refractivity contribution in [1.29, 1.82) is 0 Å². The quantitative estimate of drug-likeness (QED) is 0.872. The number of hydrogen-bond donors (Lipinski definition) is 1. The molecule has 2 aromatic carbocycles. The predicted octanol–water partition coefficient (Wildman–Crippen LogP) is 1.96. The van der Waals surface area contributed by atoms with Crippen LogP contribution in [0.25, 0.3) is 0 Å². The molecule has 0 atom stereocenters. The third kappa shape index (κ3) is 3.94. The largest absolute Gasteiger partial charge is 0.240 e. The van der Waals surface area contributed by atoms with Crippen molar-refractivity contribution in [2.75, 3.05) is 5.75 Å². The van der Waals surface area contributed by atoms with Gasteiger partial charge < -0.3 is 0 Å². The molecule has 2 rings (SSSR count). The van der Waals surface area contributed by atoms with Gasteiger partial charge in [-0.25, -0.2) is 21.6 Å². The molecule has 0 saturated carbocycles. The van der Waals surface area contributed by atoms with E-state index in [1.807, 2.05) is 0 Å². The Morgan fingerprint density at radius 2 is 1.41 bits per heavy atom. The lowest BCUT2D eigenvalue weighted by atomic mass is 10.2. The van der Waals surface area contributed by atoms with Crippen molar-refractivity contribution in [2.45, 2.75) is 23.3 Å². The Bertz CT molecular complexity index is 827. The minimum absolute atomic E-state index is 0.0347. The van der Waals surface area contributed by atoms with Crippen LogP contribution < -0.4 is 4.72 Å². The second kappa shape index (κ2) is 6.60. The van der Waals surface area contributed by atoms with E-state index >= 15 is 0 Å². The van der Waals surface area contributed by atoms with Crippen LogP contribution >= 0.6 is 0 Å². The lowest BCUT2D eigenvalue weighted by Crippen LogP contribution is -2.23. The summed E-state index contributed by atoms with van der Waals surface area (Å²) in [6, 6.07) is 14.3. The van der Waals surface area contributed by atoms with Gasteiger partial charge in [0.2, 0.25) is 10.0 Å². The molecule has 0 aliphatic rings. The van der Waals surface area contributed by atoms with Gasteiger partial charge in [0.15, 0.2) is 9.84 Å². The number of benzene rings is 2. The van der Waals surface area contributed by atoms with Crippen molar-refractivity contribution in [3.8, 4) is 0 Å². The van der Waals surface area contributed by atoms with E-state index in [-0.39, 0.29) is 22.1 Å². The van der Waals surface area contributed by atoms with Crippen LogP contribution in [0.5, 0.6) is 0 Å². The SMILES string of the molecule is CCS(=O)(=O)c1ccc(CNS(=O)(=O)c2ccccc2)cc1. The molecule has 0 aromatic heterocycles. The number of hydrogen-bond acceptors (Lipinski definition) is 4. The summed E-state index contributed by atoms with van der Waals surface area (Å²) in [7, 11) is -6.81. The number of sulfonamides is 1. The fourth-order valence-electron chi connectivity index (χ4n) is 1.84. The molecule has 0 aliphatic carbocycles. The number of rotatable bonds is 6. The monoisotopic (exact) mass is 339 g/mol. The van der Waals surface area contributed by atoms with Gasteiger partial charge in [-0.2, -0.15) is 0 Å². The summed E-state index contributed by atoms with van der Waals surface area (Å²) in [4.78, 5) is 0.435. The fraction of sp³-hybridized carbons (Fsp3) is 0.200. The maximum absolute atomic E-state index is 12.1. The highest BCUT2D eigenvalue weighted by Gasteiger charge is 2.14. The van der Waals surface area contributed by atoms with Crippen molar-refractivity contribution < 1.29 is 16.8 Å².